The molecule has 8 rings (SSSR count). The van der Waals surface area contributed by atoms with Gasteiger partial charge in [0.1, 0.15) is 17.6 Å². The van der Waals surface area contributed by atoms with E-state index in [1.807, 2.05) is 0 Å². The van der Waals surface area contributed by atoms with E-state index in [1.165, 1.54) is 0 Å². The second-order valence-electron chi connectivity index (χ2n) is 15.7. The Morgan fingerprint density at radius 3 is 2.53 bits per heavy atom. The summed E-state index contributed by atoms with van der Waals surface area (Å²) in [5, 5.41) is 28.7. The van der Waals surface area contributed by atoms with Crippen LogP contribution in [0.1, 0.15) is 78.1 Å². The number of hydrogen-bond donors (Lipinski definition) is 3. The molecule has 3 N–H and O–H groups in total. The predicted octanol–water partition coefficient (Wildman–Crippen LogP) is 3.11. The maximum absolute atomic E-state index is 12.7. The molecule has 1 spiro atoms. The predicted molar refractivity (Wildman–Crippen MR) is 158 cm³/mol. The molecule has 2 saturated heterocycles. The first-order chi connectivity index (χ1) is 20.5. The van der Waals surface area contributed by atoms with Crippen LogP contribution in [-0.4, -0.2) is 88.7 Å². The third-order valence-corrected chi connectivity index (χ3v) is 15.2. The van der Waals surface area contributed by atoms with Gasteiger partial charge in [0.2, 0.25) is 5.91 Å². The maximum atomic E-state index is 12.7. The lowest BCUT2D eigenvalue weighted by Gasteiger charge is -2.68. The number of rotatable bonds is 3. The molecule has 9 nitrogen and oxygen atoms in total. The van der Waals surface area contributed by atoms with Crippen molar-refractivity contribution in [3.63, 3.8) is 0 Å². The molecule has 0 aromatic rings. The molecule has 1 amide bonds. The summed E-state index contributed by atoms with van der Waals surface area (Å²) < 4.78 is 25.2. The van der Waals surface area contributed by atoms with Crippen LogP contribution in [0.15, 0.2) is 11.6 Å². The summed E-state index contributed by atoms with van der Waals surface area (Å²) in [6, 6.07) is 0. The average Bonchev–Trinajstić information content (AvgIpc) is 3.62. The van der Waals surface area contributed by atoms with Gasteiger partial charge in [0.25, 0.3) is 0 Å². The van der Waals surface area contributed by atoms with Crippen molar-refractivity contribution in [2.75, 3.05) is 26.1 Å². The molecule has 3 heterocycles. The number of ether oxygens (including phenoxy) is 4. The molecule has 10 heteroatoms. The molecule has 0 bridgehead atoms. The third-order valence-electron chi connectivity index (χ3n) is 13.8. The number of esters is 1. The van der Waals surface area contributed by atoms with Gasteiger partial charge >= 0.3 is 5.97 Å². The zero-order valence-electron chi connectivity index (χ0n) is 25.6. The maximum Gasteiger partial charge on any atom is 0.331 e. The molecule has 7 fully saturated rings. The minimum atomic E-state index is -0.980. The summed E-state index contributed by atoms with van der Waals surface area (Å²) >= 11 is 1.66. The lowest BCUT2D eigenvalue weighted by atomic mass is 9.41. The number of fused-ring (bicyclic) bond motifs is 8. The van der Waals surface area contributed by atoms with Crippen molar-refractivity contribution in [1.82, 2.24) is 5.32 Å². The van der Waals surface area contributed by atoms with E-state index < -0.39 is 21.5 Å². The summed E-state index contributed by atoms with van der Waals surface area (Å²) in [5.41, 5.74) is -1.78. The molecule has 3 aliphatic heterocycles. The van der Waals surface area contributed by atoms with E-state index in [4.69, 9.17) is 18.9 Å². The van der Waals surface area contributed by atoms with Crippen LogP contribution in [0.4, 0.5) is 0 Å². The quantitative estimate of drug-likeness (QED) is 0.410. The molecule has 5 unspecified atom stereocenters. The van der Waals surface area contributed by atoms with E-state index in [0.717, 1.165) is 44.1 Å². The van der Waals surface area contributed by atoms with E-state index in [0.29, 0.717) is 50.6 Å². The van der Waals surface area contributed by atoms with Gasteiger partial charge < -0.3 is 34.5 Å². The summed E-state index contributed by atoms with van der Waals surface area (Å²) in [5.74, 6) is 0.843. The van der Waals surface area contributed by atoms with Gasteiger partial charge in [0, 0.05) is 30.4 Å². The van der Waals surface area contributed by atoms with Gasteiger partial charge in [-0.05, 0) is 87.0 Å². The molecule has 0 aromatic heterocycles. The first-order valence-electron chi connectivity index (χ1n) is 16.5. The monoisotopic (exact) mass is 617 g/mol. The summed E-state index contributed by atoms with van der Waals surface area (Å²) in [4.78, 5) is 23.9. The van der Waals surface area contributed by atoms with Crippen LogP contribution in [0, 0.1) is 34.5 Å². The highest BCUT2D eigenvalue weighted by atomic mass is 32.2. The molecule has 0 aromatic carbocycles. The van der Waals surface area contributed by atoms with E-state index >= 15 is 0 Å². The minimum Gasteiger partial charge on any atom is -0.458 e. The SMILES string of the molecule is COCC12C[C@H]3OC4C(C[C@H](C)CC45NC(=O)CS5)O[C@@H]3C[C@@]1(O)CCC1[C@@H]2CC[C@]2(C)[C@@H](C3=CC(=O)OC3)CC[C@]12O. The van der Waals surface area contributed by atoms with Gasteiger partial charge in [-0.15, -0.1) is 11.8 Å². The fourth-order valence-corrected chi connectivity index (χ4v) is 13.4. The van der Waals surface area contributed by atoms with Crippen LogP contribution >= 0.6 is 11.8 Å². The summed E-state index contributed by atoms with van der Waals surface area (Å²) in [6.07, 6.45) is 8.33. The largest absolute Gasteiger partial charge is 0.458 e. The Bertz CT molecular complexity index is 1250. The van der Waals surface area contributed by atoms with Crippen molar-refractivity contribution in [1.29, 1.82) is 0 Å². The molecule has 43 heavy (non-hydrogen) atoms. The smallest absolute Gasteiger partial charge is 0.331 e. The van der Waals surface area contributed by atoms with Gasteiger partial charge in [-0.3, -0.25) is 4.79 Å². The number of aliphatic hydroxyl groups is 2. The highest BCUT2D eigenvalue weighted by Crippen LogP contribution is 2.71. The van der Waals surface area contributed by atoms with Crippen LogP contribution in [0.3, 0.4) is 0 Å². The number of thioether (sulfide) groups is 1. The number of carbonyl (C=O) groups excluding carboxylic acids is 2. The number of amides is 1. The Labute approximate surface area is 258 Å². The molecule has 0 radical (unpaired) electrons. The number of hydrogen-bond acceptors (Lipinski definition) is 9. The fraction of sp³-hybridized carbons (Fsp3) is 0.879. The van der Waals surface area contributed by atoms with Crippen molar-refractivity contribution in [2.24, 2.45) is 34.5 Å². The molecule has 238 valence electrons. The van der Waals surface area contributed by atoms with E-state index in [9.17, 15) is 19.8 Å². The Kier molecular flexibility index (Phi) is 6.58. The number of nitrogens with one attached hydrogen (secondary N) is 1. The van der Waals surface area contributed by atoms with E-state index in [-0.39, 0.29) is 59.5 Å². The third kappa shape index (κ3) is 3.89. The molecule has 5 saturated carbocycles. The van der Waals surface area contributed by atoms with Gasteiger partial charge in [-0.2, -0.15) is 0 Å². The first kappa shape index (κ1) is 29.2. The van der Waals surface area contributed by atoms with E-state index in [2.05, 4.69) is 19.2 Å². The standard InChI is InChI=1S/C33H47NO8S/c1-18-10-23-28(33(12-18)34-26(35)16-43-33)42-24-13-30(17-39-3)21-4-7-29(2)20(19-11-27(36)40-15-19)6-9-32(29,38)22(21)5-8-31(30,37)14-25(24)41-23/h11,18,20-25,28,37-38H,4-10,12-17H2,1-3H3,(H,34,35)/t18-,20+,21-,22?,23?,24+,25+,28?,29+,30?,31-,32-,33?/m0/s1. The van der Waals surface area contributed by atoms with Crippen molar-refractivity contribution in [3.8, 4) is 0 Å². The topological polar surface area (TPSA) is 124 Å². The molecule has 5 aliphatic carbocycles. The second-order valence-corrected chi connectivity index (χ2v) is 17.0. The molecule has 8 aliphatic rings. The van der Waals surface area contributed by atoms with Gasteiger partial charge in [0.15, 0.2) is 0 Å². The zero-order chi connectivity index (χ0) is 30.0. The van der Waals surface area contributed by atoms with Crippen molar-refractivity contribution >= 4 is 23.6 Å². The second kappa shape index (κ2) is 9.67. The van der Waals surface area contributed by atoms with Crippen LogP contribution in [0.2, 0.25) is 0 Å². The molecule has 13 atom stereocenters. The average molecular weight is 618 g/mol. The first-order valence-corrected chi connectivity index (χ1v) is 17.5. The Hall–Kier alpha value is -1.17. The highest BCUT2D eigenvalue weighted by molar-refractivity contribution is 8.01. The van der Waals surface area contributed by atoms with Gasteiger partial charge in [0.05, 0.1) is 41.9 Å². The van der Waals surface area contributed by atoms with Gasteiger partial charge in [-0.1, -0.05) is 13.8 Å². The molecular formula is C33H47NO8S. The number of carbonyl (C=O) groups is 2. The van der Waals surface area contributed by atoms with Crippen molar-refractivity contribution in [3.05, 3.63) is 11.6 Å². The lowest BCUT2D eigenvalue weighted by Crippen LogP contribution is -2.74. The van der Waals surface area contributed by atoms with Crippen LogP contribution in [0.5, 0.6) is 0 Å². The summed E-state index contributed by atoms with van der Waals surface area (Å²) in [7, 11) is 1.72. The molecular weight excluding hydrogens is 570 g/mol. The van der Waals surface area contributed by atoms with Crippen LogP contribution in [0.25, 0.3) is 0 Å². The minimum absolute atomic E-state index is 0.0191. The number of cyclic esters (lactones) is 1. The summed E-state index contributed by atoms with van der Waals surface area (Å²) in [6.45, 7) is 5.18. The normalized spacial score (nSPS) is 55.4. The Morgan fingerprint density at radius 2 is 1.81 bits per heavy atom. The van der Waals surface area contributed by atoms with E-state index in [1.54, 1.807) is 24.9 Å². The number of methoxy groups -OCH3 is 1. The zero-order valence-corrected chi connectivity index (χ0v) is 26.5. The Morgan fingerprint density at radius 1 is 1.02 bits per heavy atom. The van der Waals surface area contributed by atoms with Gasteiger partial charge in [-0.25, -0.2) is 4.79 Å². The van der Waals surface area contributed by atoms with Crippen molar-refractivity contribution in [2.45, 2.75) is 119 Å². The van der Waals surface area contributed by atoms with Crippen LogP contribution < -0.4 is 5.32 Å². The lowest BCUT2D eigenvalue weighted by molar-refractivity contribution is -0.327. The van der Waals surface area contributed by atoms with Crippen molar-refractivity contribution < 1.29 is 38.7 Å². The highest BCUT2D eigenvalue weighted by Gasteiger charge is 2.73. The van der Waals surface area contributed by atoms with Crippen LogP contribution in [-0.2, 0) is 28.5 Å². The Balaban J connectivity index is 1.12. The fourth-order valence-electron chi connectivity index (χ4n) is 12.0.